The van der Waals surface area contributed by atoms with Gasteiger partial charge in [-0.05, 0) is 24.1 Å². The molecule has 0 saturated carbocycles. The number of imide groups is 1. The van der Waals surface area contributed by atoms with Gasteiger partial charge in [0.2, 0.25) is 5.91 Å². The summed E-state index contributed by atoms with van der Waals surface area (Å²) in [4.78, 5) is 36.1. The Hall–Kier alpha value is -2.42. The Morgan fingerprint density at radius 1 is 1.29 bits per heavy atom. The van der Waals surface area contributed by atoms with E-state index in [0.29, 0.717) is 6.42 Å². The number of nitrogens with zero attached hydrogens (tertiary/aromatic N) is 1. The quantitative estimate of drug-likeness (QED) is 0.710. The van der Waals surface area contributed by atoms with E-state index in [1.807, 2.05) is 6.92 Å². The molecule has 0 aromatic heterocycles. The summed E-state index contributed by atoms with van der Waals surface area (Å²) in [5.74, 6) is -0.903. The lowest BCUT2D eigenvalue weighted by molar-refractivity contribution is -0.130. The maximum absolute atomic E-state index is 12.1. The number of hydrogen-bond acceptors (Lipinski definition) is 5. The minimum absolute atomic E-state index is 0.101. The molecule has 1 aliphatic rings. The fourth-order valence-corrected chi connectivity index (χ4v) is 3.00. The molecule has 2 N–H and O–H groups in total. The largest absolute Gasteiger partial charge is 0.348 e. The Kier molecular flexibility index (Phi) is 5.23. The number of sulfone groups is 1. The van der Waals surface area contributed by atoms with Crippen molar-refractivity contribution >= 4 is 27.7 Å². The van der Waals surface area contributed by atoms with E-state index in [1.165, 1.54) is 12.1 Å². The third-order valence-electron chi connectivity index (χ3n) is 3.69. The third kappa shape index (κ3) is 4.10. The van der Waals surface area contributed by atoms with Crippen LogP contribution in [0.5, 0.6) is 0 Å². The number of amides is 4. The standard InChI is InChI=1S/C15H19N3O5S/c1-3-12(10-4-6-11(7-5-10)24(2,22)23)17-13(19)9-18-14(20)8-16-15(18)21/h4-7,12H,3,8-9H2,1-2H3,(H,16,21)(H,17,19)/t12-/m1/s1. The smallest absolute Gasteiger partial charge is 0.325 e. The molecule has 0 unspecified atom stereocenters. The molecule has 2 rings (SSSR count). The summed E-state index contributed by atoms with van der Waals surface area (Å²) in [5, 5.41) is 5.09. The van der Waals surface area contributed by atoms with E-state index >= 15 is 0 Å². The normalized spacial score (nSPS) is 16.0. The summed E-state index contributed by atoms with van der Waals surface area (Å²) in [6.45, 7) is 1.42. The molecule has 0 spiro atoms. The van der Waals surface area contributed by atoms with Crippen molar-refractivity contribution in [3.05, 3.63) is 29.8 Å². The van der Waals surface area contributed by atoms with Gasteiger partial charge in [-0.3, -0.25) is 14.5 Å². The second-order valence-electron chi connectivity index (χ2n) is 5.51. The monoisotopic (exact) mass is 353 g/mol. The van der Waals surface area contributed by atoms with E-state index in [2.05, 4.69) is 10.6 Å². The van der Waals surface area contributed by atoms with Gasteiger partial charge < -0.3 is 10.6 Å². The number of hydrogen-bond donors (Lipinski definition) is 2. The van der Waals surface area contributed by atoms with Crippen LogP contribution >= 0.6 is 0 Å². The average Bonchev–Trinajstić information content (AvgIpc) is 2.84. The Bertz CT molecular complexity index is 742. The van der Waals surface area contributed by atoms with Crippen molar-refractivity contribution in [2.45, 2.75) is 24.3 Å². The number of nitrogens with one attached hydrogen (secondary N) is 2. The van der Waals surface area contributed by atoms with Crippen molar-refractivity contribution in [2.75, 3.05) is 19.3 Å². The molecule has 1 atom stereocenters. The summed E-state index contributed by atoms with van der Waals surface area (Å²) >= 11 is 0. The lowest BCUT2D eigenvalue weighted by Gasteiger charge is -2.19. The summed E-state index contributed by atoms with van der Waals surface area (Å²) in [6.07, 6.45) is 1.70. The van der Waals surface area contributed by atoms with E-state index in [9.17, 15) is 22.8 Å². The molecule has 1 heterocycles. The Balaban J connectivity index is 2.05. The van der Waals surface area contributed by atoms with Crippen molar-refractivity contribution in [3.8, 4) is 0 Å². The predicted molar refractivity (Wildman–Crippen MR) is 85.8 cm³/mol. The molecule has 4 amide bonds. The van der Waals surface area contributed by atoms with Crippen LogP contribution in [0.4, 0.5) is 4.79 Å². The van der Waals surface area contributed by atoms with E-state index in [-0.39, 0.29) is 24.0 Å². The molecule has 9 heteroatoms. The topological polar surface area (TPSA) is 113 Å². The molecule has 0 radical (unpaired) electrons. The fraction of sp³-hybridized carbons (Fsp3) is 0.400. The first-order chi connectivity index (χ1) is 11.2. The van der Waals surface area contributed by atoms with Crippen LogP contribution in [-0.4, -0.2) is 50.5 Å². The third-order valence-corrected chi connectivity index (χ3v) is 4.82. The molecule has 1 aromatic rings. The van der Waals surface area contributed by atoms with Crippen LogP contribution in [0.3, 0.4) is 0 Å². The molecule has 0 aliphatic carbocycles. The fourth-order valence-electron chi connectivity index (χ4n) is 2.37. The van der Waals surface area contributed by atoms with Crippen LogP contribution in [0.25, 0.3) is 0 Å². The maximum atomic E-state index is 12.1. The molecule has 24 heavy (non-hydrogen) atoms. The zero-order chi connectivity index (χ0) is 17.9. The Morgan fingerprint density at radius 2 is 1.92 bits per heavy atom. The molecule has 1 fully saturated rings. The van der Waals surface area contributed by atoms with Crippen LogP contribution in [0.1, 0.15) is 24.9 Å². The second-order valence-corrected chi connectivity index (χ2v) is 7.52. The van der Waals surface area contributed by atoms with Crippen LogP contribution in [0.15, 0.2) is 29.2 Å². The number of rotatable bonds is 6. The zero-order valence-electron chi connectivity index (χ0n) is 13.4. The number of carbonyl (C=O) groups excluding carboxylic acids is 3. The summed E-state index contributed by atoms with van der Waals surface area (Å²) in [5.41, 5.74) is 0.746. The van der Waals surface area contributed by atoms with Gasteiger partial charge in [-0.15, -0.1) is 0 Å². The molecule has 8 nitrogen and oxygen atoms in total. The first-order valence-electron chi connectivity index (χ1n) is 7.40. The number of carbonyl (C=O) groups is 3. The van der Waals surface area contributed by atoms with E-state index in [4.69, 9.17) is 0 Å². The van der Waals surface area contributed by atoms with Crippen molar-refractivity contribution in [1.29, 1.82) is 0 Å². The minimum atomic E-state index is -3.28. The summed E-state index contributed by atoms with van der Waals surface area (Å²) < 4.78 is 22.9. The van der Waals surface area contributed by atoms with Crippen molar-refractivity contribution in [2.24, 2.45) is 0 Å². The van der Waals surface area contributed by atoms with Gasteiger partial charge in [-0.1, -0.05) is 19.1 Å². The lowest BCUT2D eigenvalue weighted by atomic mass is 10.0. The van der Waals surface area contributed by atoms with Crippen LogP contribution in [-0.2, 0) is 19.4 Å². The molecule has 1 aromatic carbocycles. The molecule has 0 bridgehead atoms. The highest BCUT2D eigenvalue weighted by Gasteiger charge is 2.30. The van der Waals surface area contributed by atoms with E-state index in [0.717, 1.165) is 16.7 Å². The molecular weight excluding hydrogens is 334 g/mol. The number of urea groups is 1. The van der Waals surface area contributed by atoms with Gasteiger partial charge >= 0.3 is 6.03 Å². The van der Waals surface area contributed by atoms with E-state index in [1.54, 1.807) is 12.1 Å². The lowest BCUT2D eigenvalue weighted by Crippen LogP contribution is -2.41. The van der Waals surface area contributed by atoms with Crippen molar-refractivity contribution in [1.82, 2.24) is 15.5 Å². The second kappa shape index (κ2) is 7.00. The first-order valence-corrected chi connectivity index (χ1v) is 9.29. The minimum Gasteiger partial charge on any atom is -0.348 e. The Morgan fingerprint density at radius 3 is 2.38 bits per heavy atom. The van der Waals surface area contributed by atoms with Crippen LogP contribution < -0.4 is 10.6 Å². The first kappa shape index (κ1) is 17.9. The molecule has 1 saturated heterocycles. The SMILES string of the molecule is CC[C@@H](NC(=O)CN1C(=O)CNC1=O)c1ccc(S(C)(=O)=O)cc1. The van der Waals surface area contributed by atoms with Gasteiger partial charge in [0.15, 0.2) is 9.84 Å². The molecule has 1 aliphatic heterocycles. The summed E-state index contributed by atoms with van der Waals surface area (Å²) in [6, 6.07) is 5.32. The van der Waals surface area contributed by atoms with Crippen LogP contribution in [0.2, 0.25) is 0 Å². The highest BCUT2D eigenvalue weighted by molar-refractivity contribution is 7.90. The number of benzene rings is 1. The maximum Gasteiger partial charge on any atom is 0.325 e. The van der Waals surface area contributed by atoms with Crippen LogP contribution in [0, 0.1) is 0 Å². The predicted octanol–water partition coefficient (Wildman–Crippen LogP) is 0.209. The van der Waals surface area contributed by atoms with Gasteiger partial charge in [0.05, 0.1) is 17.5 Å². The van der Waals surface area contributed by atoms with Gasteiger partial charge in [0.25, 0.3) is 5.91 Å². The van der Waals surface area contributed by atoms with Gasteiger partial charge in [0.1, 0.15) is 6.54 Å². The van der Waals surface area contributed by atoms with E-state index < -0.39 is 27.7 Å². The Labute approximate surface area is 140 Å². The van der Waals surface area contributed by atoms with Gasteiger partial charge in [0, 0.05) is 6.26 Å². The van der Waals surface area contributed by atoms with Gasteiger partial charge in [-0.25, -0.2) is 13.2 Å². The summed E-state index contributed by atoms with van der Waals surface area (Å²) in [7, 11) is -3.28. The average molecular weight is 353 g/mol. The van der Waals surface area contributed by atoms with Crippen molar-refractivity contribution in [3.63, 3.8) is 0 Å². The molecule has 130 valence electrons. The zero-order valence-corrected chi connectivity index (χ0v) is 14.2. The highest BCUT2D eigenvalue weighted by Crippen LogP contribution is 2.19. The molecular formula is C15H19N3O5S. The van der Waals surface area contributed by atoms with Gasteiger partial charge in [-0.2, -0.15) is 0 Å². The highest BCUT2D eigenvalue weighted by atomic mass is 32.2. The van der Waals surface area contributed by atoms with Crippen molar-refractivity contribution < 1.29 is 22.8 Å².